The van der Waals surface area contributed by atoms with Crippen molar-refractivity contribution in [3.8, 4) is 0 Å². The number of unbranched alkanes of at least 4 members (excludes halogenated alkanes) is 4. The zero-order chi connectivity index (χ0) is 12.2. The van der Waals surface area contributed by atoms with Gasteiger partial charge in [-0.15, -0.1) is 0 Å². The van der Waals surface area contributed by atoms with Gasteiger partial charge in [0.15, 0.2) is 5.78 Å². The minimum Gasteiger partial charge on any atom is -0.346 e. The maximum atomic E-state index is 11.7. The zero-order valence-corrected chi connectivity index (χ0v) is 11.0. The van der Waals surface area contributed by atoms with Crippen molar-refractivity contribution >= 4 is 5.78 Å². The van der Waals surface area contributed by atoms with Crippen LogP contribution in [0.15, 0.2) is 0 Å². The highest BCUT2D eigenvalue weighted by Crippen LogP contribution is 2.08. The summed E-state index contributed by atoms with van der Waals surface area (Å²) in [6.07, 6.45) is 5.73. The Morgan fingerprint density at radius 1 is 0.938 bits per heavy atom. The summed E-state index contributed by atoms with van der Waals surface area (Å²) in [7, 11) is 0. The largest absolute Gasteiger partial charge is 0.346 e. The lowest BCUT2D eigenvalue weighted by atomic mass is 10.1. The Morgan fingerprint density at radius 3 is 2.00 bits per heavy atom. The average Bonchev–Trinajstić information content (AvgIpc) is 2.28. The van der Waals surface area contributed by atoms with Crippen LogP contribution in [0.3, 0.4) is 0 Å². The Kier molecular flexibility index (Phi) is 10.8. The standard InChI is InChI=1S/C13H26O3/c1-4-7-8-9-10-11-12(14)13(15-5-2)16-6-3/h13H,4-11H2,1-3H3. The smallest absolute Gasteiger partial charge is 0.217 e. The Morgan fingerprint density at radius 2 is 1.50 bits per heavy atom. The molecule has 0 radical (unpaired) electrons. The second-order valence-corrected chi connectivity index (χ2v) is 3.87. The highest BCUT2D eigenvalue weighted by atomic mass is 16.7. The fraction of sp³-hybridized carbons (Fsp3) is 0.923. The first-order chi connectivity index (χ1) is 7.76. The molecule has 0 bridgehead atoms. The summed E-state index contributed by atoms with van der Waals surface area (Å²) in [6, 6.07) is 0. The van der Waals surface area contributed by atoms with Gasteiger partial charge in [0.1, 0.15) is 0 Å². The number of ether oxygens (including phenoxy) is 2. The molecule has 0 aliphatic carbocycles. The van der Waals surface area contributed by atoms with Gasteiger partial charge >= 0.3 is 0 Å². The maximum Gasteiger partial charge on any atom is 0.217 e. The van der Waals surface area contributed by atoms with Crippen molar-refractivity contribution in [3.05, 3.63) is 0 Å². The van der Waals surface area contributed by atoms with Gasteiger partial charge in [-0.3, -0.25) is 4.79 Å². The van der Waals surface area contributed by atoms with Crippen LogP contribution >= 0.6 is 0 Å². The van der Waals surface area contributed by atoms with Crippen LogP contribution in [0.1, 0.15) is 59.3 Å². The fourth-order valence-corrected chi connectivity index (χ4v) is 1.56. The molecular formula is C13H26O3. The van der Waals surface area contributed by atoms with Gasteiger partial charge in [-0.1, -0.05) is 32.6 Å². The van der Waals surface area contributed by atoms with Crippen molar-refractivity contribution in [2.45, 2.75) is 65.6 Å². The van der Waals surface area contributed by atoms with Crippen LogP contribution in [0.4, 0.5) is 0 Å². The molecule has 0 aliphatic rings. The molecule has 3 nitrogen and oxygen atoms in total. The van der Waals surface area contributed by atoms with E-state index in [1.165, 1.54) is 19.3 Å². The molecule has 0 saturated heterocycles. The van der Waals surface area contributed by atoms with E-state index in [-0.39, 0.29) is 5.78 Å². The highest BCUT2D eigenvalue weighted by Gasteiger charge is 2.17. The number of ketones is 1. The van der Waals surface area contributed by atoms with E-state index in [0.29, 0.717) is 19.6 Å². The summed E-state index contributed by atoms with van der Waals surface area (Å²) in [5, 5.41) is 0. The first-order valence-corrected chi connectivity index (χ1v) is 6.52. The van der Waals surface area contributed by atoms with Gasteiger partial charge in [0.2, 0.25) is 6.29 Å². The Hall–Kier alpha value is -0.410. The molecule has 0 N–H and O–H groups in total. The molecular weight excluding hydrogens is 204 g/mol. The summed E-state index contributed by atoms with van der Waals surface area (Å²) in [4.78, 5) is 11.7. The lowest BCUT2D eigenvalue weighted by molar-refractivity contribution is -0.168. The second kappa shape index (κ2) is 11.1. The number of Topliss-reactive ketones (excluding diaryl/α,β-unsaturated/α-hetero) is 1. The van der Waals surface area contributed by atoms with Crippen molar-refractivity contribution in [2.24, 2.45) is 0 Å². The third kappa shape index (κ3) is 7.83. The predicted molar refractivity (Wildman–Crippen MR) is 65.4 cm³/mol. The molecule has 0 saturated carbocycles. The van der Waals surface area contributed by atoms with Gasteiger partial charge in [0, 0.05) is 19.6 Å². The molecule has 96 valence electrons. The molecule has 0 rings (SSSR count). The van der Waals surface area contributed by atoms with E-state index in [0.717, 1.165) is 12.8 Å². The average molecular weight is 230 g/mol. The number of hydrogen-bond acceptors (Lipinski definition) is 3. The maximum absolute atomic E-state index is 11.7. The minimum absolute atomic E-state index is 0.0835. The molecule has 0 atom stereocenters. The SMILES string of the molecule is CCCCCCCC(=O)C(OCC)OCC. The van der Waals surface area contributed by atoms with Crippen LogP contribution < -0.4 is 0 Å². The zero-order valence-electron chi connectivity index (χ0n) is 11.0. The van der Waals surface area contributed by atoms with Crippen molar-refractivity contribution in [1.82, 2.24) is 0 Å². The van der Waals surface area contributed by atoms with E-state index in [1.807, 2.05) is 13.8 Å². The summed E-state index contributed by atoms with van der Waals surface area (Å²) < 4.78 is 10.5. The lowest BCUT2D eigenvalue weighted by Crippen LogP contribution is -2.27. The van der Waals surface area contributed by atoms with Crippen molar-refractivity contribution in [1.29, 1.82) is 0 Å². The van der Waals surface area contributed by atoms with Crippen LogP contribution in [0, 0.1) is 0 Å². The first kappa shape index (κ1) is 15.6. The van der Waals surface area contributed by atoms with Crippen LogP contribution in [-0.2, 0) is 14.3 Å². The number of hydrogen-bond donors (Lipinski definition) is 0. The summed E-state index contributed by atoms with van der Waals surface area (Å²) >= 11 is 0. The van der Waals surface area contributed by atoms with Gasteiger partial charge in [-0.05, 0) is 20.3 Å². The third-order valence-electron chi connectivity index (χ3n) is 2.43. The number of rotatable bonds is 11. The topological polar surface area (TPSA) is 35.5 Å². The molecule has 3 heteroatoms. The number of carbonyl (C=O) groups excluding carboxylic acids is 1. The molecule has 0 aromatic heterocycles. The molecule has 0 aliphatic heterocycles. The second-order valence-electron chi connectivity index (χ2n) is 3.87. The quantitative estimate of drug-likeness (QED) is 0.403. The Balaban J connectivity index is 3.65. The molecule has 0 heterocycles. The highest BCUT2D eigenvalue weighted by molar-refractivity contribution is 5.81. The normalized spacial score (nSPS) is 11.0. The fourth-order valence-electron chi connectivity index (χ4n) is 1.56. The van der Waals surface area contributed by atoms with Crippen LogP contribution in [0.5, 0.6) is 0 Å². The van der Waals surface area contributed by atoms with E-state index in [4.69, 9.17) is 9.47 Å². The minimum atomic E-state index is -0.638. The van der Waals surface area contributed by atoms with E-state index < -0.39 is 6.29 Å². The van der Waals surface area contributed by atoms with E-state index in [1.54, 1.807) is 0 Å². The van der Waals surface area contributed by atoms with Crippen molar-refractivity contribution in [3.63, 3.8) is 0 Å². The first-order valence-electron chi connectivity index (χ1n) is 6.52. The van der Waals surface area contributed by atoms with E-state index >= 15 is 0 Å². The molecule has 0 unspecified atom stereocenters. The van der Waals surface area contributed by atoms with Gasteiger partial charge < -0.3 is 9.47 Å². The number of carbonyl (C=O) groups is 1. The van der Waals surface area contributed by atoms with Crippen molar-refractivity contribution < 1.29 is 14.3 Å². The molecule has 0 amide bonds. The van der Waals surface area contributed by atoms with Crippen LogP contribution in [0.25, 0.3) is 0 Å². The summed E-state index contributed by atoms with van der Waals surface area (Å²) in [5.74, 6) is 0.0835. The van der Waals surface area contributed by atoms with Gasteiger partial charge in [0.25, 0.3) is 0 Å². The summed E-state index contributed by atoms with van der Waals surface area (Å²) in [6.45, 7) is 6.98. The van der Waals surface area contributed by atoms with Crippen LogP contribution in [-0.4, -0.2) is 25.3 Å². The third-order valence-corrected chi connectivity index (χ3v) is 2.43. The Bertz CT molecular complexity index is 163. The van der Waals surface area contributed by atoms with Gasteiger partial charge in [-0.25, -0.2) is 0 Å². The van der Waals surface area contributed by atoms with E-state index in [9.17, 15) is 4.79 Å². The van der Waals surface area contributed by atoms with E-state index in [2.05, 4.69) is 6.92 Å². The Labute approximate surface area is 99.5 Å². The monoisotopic (exact) mass is 230 g/mol. The molecule has 0 aromatic carbocycles. The molecule has 0 spiro atoms. The van der Waals surface area contributed by atoms with Crippen LogP contribution in [0.2, 0.25) is 0 Å². The predicted octanol–water partition coefficient (Wildman–Crippen LogP) is 3.32. The van der Waals surface area contributed by atoms with Gasteiger partial charge in [0.05, 0.1) is 0 Å². The molecule has 0 fully saturated rings. The molecule has 16 heavy (non-hydrogen) atoms. The molecule has 0 aromatic rings. The summed E-state index contributed by atoms with van der Waals surface area (Å²) in [5.41, 5.74) is 0. The van der Waals surface area contributed by atoms with Crippen molar-refractivity contribution in [2.75, 3.05) is 13.2 Å². The van der Waals surface area contributed by atoms with Gasteiger partial charge in [-0.2, -0.15) is 0 Å². The lowest BCUT2D eigenvalue weighted by Gasteiger charge is -2.15.